The lowest BCUT2D eigenvalue weighted by atomic mass is 10.1. The van der Waals surface area contributed by atoms with Crippen LogP contribution in [0.2, 0.25) is 0 Å². The van der Waals surface area contributed by atoms with Crippen LogP contribution in [0.1, 0.15) is 34.0 Å². The van der Waals surface area contributed by atoms with E-state index in [1.54, 1.807) is 24.7 Å². The van der Waals surface area contributed by atoms with Crippen molar-refractivity contribution >= 4 is 5.97 Å². The van der Waals surface area contributed by atoms with E-state index in [9.17, 15) is 4.79 Å². The molecule has 0 N–H and O–H groups in total. The van der Waals surface area contributed by atoms with E-state index in [2.05, 4.69) is 24.0 Å². The maximum Gasteiger partial charge on any atom is 0.338 e. The van der Waals surface area contributed by atoms with E-state index in [0.29, 0.717) is 12.2 Å². The van der Waals surface area contributed by atoms with Crippen LogP contribution in [0.3, 0.4) is 0 Å². The van der Waals surface area contributed by atoms with Gasteiger partial charge in [0.25, 0.3) is 0 Å². The number of nitrogens with zero attached hydrogens (tertiary/aromatic N) is 2. The van der Waals surface area contributed by atoms with Gasteiger partial charge in [-0.25, -0.2) is 9.78 Å². The smallest absolute Gasteiger partial charge is 0.338 e. The molecule has 0 atom stereocenters. The Hall–Kier alpha value is -2.88. The van der Waals surface area contributed by atoms with E-state index in [4.69, 9.17) is 4.74 Å². The SMILES string of the molecule is CCc1ccc(COC(=O)c2ccc(Cn3ccnc3)cc2)cc1. The number of carbonyl (C=O) groups excluding carboxylic acids is 1. The predicted molar refractivity (Wildman–Crippen MR) is 92.7 cm³/mol. The molecule has 4 heteroatoms. The highest BCUT2D eigenvalue weighted by Crippen LogP contribution is 2.11. The van der Waals surface area contributed by atoms with Crippen molar-refractivity contribution in [3.63, 3.8) is 0 Å². The van der Waals surface area contributed by atoms with Gasteiger partial charge in [-0.15, -0.1) is 0 Å². The molecule has 3 rings (SSSR count). The second kappa shape index (κ2) is 7.59. The van der Waals surface area contributed by atoms with Gasteiger partial charge in [-0.2, -0.15) is 0 Å². The average Bonchev–Trinajstić information content (AvgIpc) is 3.14. The normalized spacial score (nSPS) is 10.5. The third-order valence-corrected chi connectivity index (χ3v) is 3.92. The molecule has 0 bridgehead atoms. The zero-order valence-electron chi connectivity index (χ0n) is 13.7. The van der Waals surface area contributed by atoms with Crippen molar-refractivity contribution in [2.45, 2.75) is 26.5 Å². The van der Waals surface area contributed by atoms with Gasteiger partial charge in [0.2, 0.25) is 0 Å². The Balaban J connectivity index is 1.56. The minimum absolute atomic E-state index is 0.291. The minimum Gasteiger partial charge on any atom is -0.457 e. The highest BCUT2D eigenvalue weighted by Gasteiger charge is 2.07. The summed E-state index contributed by atoms with van der Waals surface area (Å²) in [5.41, 5.74) is 3.95. The lowest BCUT2D eigenvalue weighted by Crippen LogP contribution is -2.06. The molecule has 0 aliphatic rings. The van der Waals surface area contributed by atoms with Crippen molar-refractivity contribution in [1.29, 1.82) is 0 Å². The summed E-state index contributed by atoms with van der Waals surface area (Å²) in [4.78, 5) is 16.1. The van der Waals surface area contributed by atoms with Crippen molar-refractivity contribution in [1.82, 2.24) is 9.55 Å². The van der Waals surface area contributed by atoms with Crippen LogP contribution in [0.5, 0.6) is 0 Å². The summed E-state index contributed by atoms with van der Waals surface area (Å²) in [7, 11) is 0. The molecule has 3 aromatic rings. The number of rotatable bonds is 6. The zero-order valence-corrected chi connectivity index (χ0v) is 13.7. The molecular weight excluding hydrogens is 300 g/mol. The Morgan fingerprint density at radius 1 is 1.00 bits per heavy atom. The first-order valence-corrected chi connectivity index (χ1v) is 8.04. The van der Waals surface area contributed by atoms with E-state index in [-0.39, 0.29) is 5.97 Å². The highest BCUT2D eigenvalue weighted by molar-refractivity contribution is 5.89. The first-order chi connectivity index (χ1) is 11.7. The molecule has 0 unspecified atom stereocenters. The van der Waals surface area contributed by atoms with Gasteiger partial charge in [-0.05, 0) is 35.2 Å². The van der Waals surface area contributed by atoms with Crippen LogP contribution in [0.4, 0.5) is 0 Å². The number of imidazole rings is 1. The van der Waals surface area contributed by atoms with Crippen LogP contribution in [-0.4, -0.2) is 15.5 Å². The van der Waals surface area contributed by atoms with Gasteiger partial charge < -0.3 is 9.30 Å². The van der Waals surface area contributed by atoms with Crippen molar-refractivity contribution < 1.29 is 9.53 Å². The molecular formula is C20H20N2O2. The Morgan fingerprint density at radius 2 is 1.67 bits per heavy atom. The van der Waals surface area contributed by atoms with E-state index < -0.39 is 0 Å². The summed E-state index contributed by atoms with van der Waals surface area (Å²) in [6.07, 6.45) is 6.43. The minimum atomic E-state index is -0.302. The number of carbonyl (C=O) groups is 1. The Morgan fingerprint density at radius 3 is 2.29 bits per heavy atom. The fourth-order valence-electron chi connectivity index (χ4n) is 2.44. The molecule has 0 aliphatic heterocycles. The standard InChI is InChI=1S/C20H20N2O2/c1-2-16-3-5-18(6-4-16)14-24-20(23)19-9-7-17(8-10-19)13-22-12-11-21-15-22/h3-12,15H,2,13-14H2,1H3. The summed E-state index contributed by atoms with van der Waals surface area (Å²) in [6, 6.07) is 15.6. The van der Waals surface area contributed by atoms with Crippen molar-refractivity contribution in [2.24, 2.45) is 0 Å². The molecule has 1 aromatic heterocycles. The summed E-state index contributed by atoms with van der Waals surface area (Å²) in [5.74, 6) is -0.302. The van der Waals surface area contributed by atoms with E-state index in [0.717, 1.165) is 24.1 Å². The molecule has 4 nitrogen and oxygen atoms in total. The Bertz CT molecular complexity index is 776. The lowest BCUT2D eigenvalue weighted by Gasteiger charge is -2.07. The quantitative estimate of drug-likeness (QED) is 0.648. The van der Waals surface area contributed by atoms with Crippen LogP contribution in [0.25, 0.3) is 0 Å². The van der Waals surface area contributed by atoms with Crippen molar-refractivity contribution in [2.75, 3.05) is 0 Å². The second-order valence-electron chi connectivity index (χ2n) is 5.68. The van der Waals surface area contributed by atoms with Crippen LogP contribution in [0.15, 0.2) is 67.3 Å². The van der Waals surface area contributed by atoms with Gasteiger partial charge >= 0.3 is 5.97 Å². The van der Waals surface area contributed by atoms with Gasteiger partial charge in [0.15, 0.2) is 0 Å². The lowest BCUT2D eigenvalue weighted by molar-refractivity contribution is 0.0472. The number of aryl methyl sites for hydroxylation is 1. The molecule has 0 amide bonds. The molecule has 24 heavy (non-hydrogen) atoms. The first kappa shape index (κ1) is 16.0. The summed E-state index contributed by atoms with van der Waals surface area (Å²) in [6.45, 7) is 3.14. The number of aromatic nitrogens is 2. The van der Waals surface area contributed by atoms with Crippen molar-refractivity contribution in [3.8, 4) is 0 Å². The third kappa shape index (κ3) is 4.10. The zero-order chi connectivity index (χ0) is 16.8. The number of hydrogen-bond acceptors (Lipinski definition) is 3. The fraction of sp³-hybridized carbons (Fsp3) is 0.200. The van der Waals surface area contributed by atoms with Crippen LogP contribution in [-0.2, 0) is 24.3 Å². The van der Waals surface area contributed by atoms with Gasteiger partial charge in [-0.1, -0.05) is 43.3 Å². The van der Waals surface area contributed by atoms with E-state index in [1.165, 1.54) is 5.56 Å². The molecule has 0 aliphatic carbocycles. The Labute approximate surface area is 141 Å². The fourth-order valence-corrected chi connectivity index (χ4v) is 2.44. The van der Waals surface area contributed by atoms with Crippen molar-refractivity contribution in [3.05, 3.63) is 89.5 Å². The molecule has 1 heterocycles. The number of esters is 1. The predicted octanol–water partition coefficient (Wildman–Crippen LogP) is 3.85. The summed E-state index contributed by atoms with van der Waals surface area (Å²) < 4.78 is 7.36. The average molecular weight is 320 g/mol. The van der Waals surface area contributed by atoms with E-state index >= 15 is 0 Å². The topological polar surface area (TPSA) is 44.1 Å². The van der Waals surface area contributed by atoms with Gasteiger partial charge in [0, 0.05) is 18.9 Å². The monoisotopic (exact) mass is 320 g/mol. The number of benzene rings is 2. The van der Waals surface area contributed by atoms with Gasteiger partial charge in [0.1, 0.15) is 6.61 Å². The summed E-state index contributed by atoms with van der Waals surface area (Å²) >= 11 is 0. The first-order valence-electron chi connectivity index (χ1n) is 8.04. The van der Waals surface area contributed by atoms with Crippen LogP contribution < -0.4 is 0 Å². The van der Waals surface area contributed by atoms with Crippen LogP contribution in [0, 0.1) is 0 Å². The molecule has 0 radical (unpaired) electrons. The molecule has 0 spiro atoms. The molecule has 2 aromatic carbocycles. The maximum atomic E-state index is 12.1. The van der Waals surface area contributed by atoms with Gasteiger partial charge in [0.05, 0.1) is 11.9 Å². The molecule has 122 valence electrons. The summed E-state index contributed by atoms with van der Waals surface area (Å²) in [5, 5.41) is 0. The van der Waals surface area contributed by atoms with Gasteiger partial charge in [-0.3, -0.25) is 0 Å². The molecule has 0 saturated heterocycles. The maximum absolute atomic E-state index is 12.1. The highest BCUT2D eigenvalue weighted by atomic mass is 16.5. The van der Waals surface area contributed by atoms with Crippen LogP contribution >= 0.6 is 0 Å². The third-order valence-electron chi connectivity index (χ3n) is 3.92. The number of hydrogen-bond donors (Lipinski definition) is 0. The largest absolute Gasteiger partial charge is 0.457 e. The van der Waals surface area contributed by atoms with E-state index in [1.807, 2.05) is 35.0 Å². The molecule has 0 fully saturated rings. The molecule has 0 saturated carbocycles. The Kier molecular flexibility index (Phi) is 5.06. The second-order valence-corrected chi connectivity index (χ2v) is 5.68. The number of ether oxygens (including phenoxy) is 1.